The molecule has 1 aromatic heterocycles. The van der Waals surface area contributed by atoms with Gasteiger partial charge in [-0.2, -0.15) is 0 Å². The maximum atomic E-state index is 9.03. The summed E-state index contributed by atoms with van der Waals surface area (Å²) in [5, 5.41) is 9.03. The molecular weight excluding hydrogens is 184 g/mol. The Morgan fingerprint density at radius 3 is 2.36 bits per heavy atom. The number of methoxy groups -OCH3 is 1. The lowest BCUT2D eigenvalue weighted by Crippen LogP contribution is -2.28. The summed E-state index contributed by atoms with van der Waals surface area (Å²) in [4.78, 5) is 9.03. The monoisotopic (exact) mass is 200 g/mol. The molecule has 80 valence electrons. The molecule has 0 aliphatic heterocycles. The van der Waals surface area contributed by atoms with E-state index in [9.17, 15) is 0 Å². The van der Waals surface area contributed by atoms with Crippen LogP contribution in [0.2, 0.25) is 0 Å². The zero-order valence-corrected chi connectivity index (χ0v) is 8.77. The first kappa shape index (κ1) is 12.5. The third-order valence-corrected chi connectivity index (χ3v) is 1.64. The molecule has 1 rings (SSSR count). The Morgan fingerprint density at radius 2 is 2.14 bits per heavy atom. The quantitative estimate of drug-likeness (QED) is 0.490. The lowest BCUT2D eigenvalue weighted by Gasteiger charge is -1.92. The van der Waals surface area contributed by atoms with Crippen LogP contribution < -0.4 is 9.67 Å². The van der Waals surface area contributed by atoms with Crippen LogP contribution in [0.5, 0.6) is 0 Å². The largest absolute Gasteiger partial charge is 0.553 e. The number of carboxylic acid groups (broad SMARTS) is 1. The van der Waals surface area contributed by atoms with Gasteiger partial charge in [0.2, 0.25) is 6.33 Å². The first-order chi connectivity index (χ1) is 6.63. The molecule has 0 aliphatic carbocycles. The summed E-state index contributed by atoms with van der Waals surface area (Å²) >= 11 is 0. The summed E-state index contributed by atoms with van der Waals surface area (Å²) < 4.78 is 7.87. The van der Waals surface area contributed by atoms with Crippen LogP contribution in [0.15, 0.2) is 18.7 Å². The lowest BCUT2D eigenvalue weighted by atomic mass is 10.7. The average Bonchev–Trinajstić information content (AvgIpc) is 2.66. The van der Waals surface area contributed by atoms with E-state index in [1.165, 1.54) is 0 Å². The molecule has 1 heterocycles. The number of rotatable bonds is 2. The van der Waals surface area contributed by atoms with Crippen molar-refractivity contribution in [3.05, 3.63) is 18.7 Å². The highest BCUT2D eigenvalue weighted by Gasteiger charge is 1.95. The van der Waals surface area contributed by atoms with Crippen LogP contribution in [0, 0.1) is 0 Å². The maximum absolute atomic E-state index is 9.03. The third-order valence-electron chi connectivity index (χ3n) is 1.64. The second-order valence-corrected chi connectivity index (χ2v) is 2.53. The molecule has 1 aromatic rings. The first-order valence-electron chi connectivity index (χ1n) is 4.43. The van der Waals surface area contributed by atoms with Gasteiger partial charge in [0.15, 0.2) is 0 Å². The second-order valence-electron chi connectivity index (χ2n) is 2.53. The van der Waals surface area contributed by atoms with E-state index in [2.05, 4.69) is 46.4 Å². The van der Waals surface area contributed by atoms with Gasteiger partial charge in [0.25, 0.3) is 6.16 Å². The van der Waals surface area contributed by atoms with Crippen molar-refractivity contribution < 1.29 is 19.2 Å². The molecule has 0 bridgehead atoms. The minimum absolute atomic E-state index is 1.04. The van der Waals surface area contributed by atoms with Crippen molar-refractivity contribution >= 4 is 6.16 Å². The molecule has 0 fully saturated rings. The summed E-state index contributed by atoms with van der Waals surface area (Å²) in [5.74, 6) is 0. The Balaban J connectivity index is 0.000000292. The Kier molecular flexibility index (Phi) is 6.19. The number of ether oxygens (including phenoxy) is 1. The molecule has 0 unspecified atom stereocenters. The zero-order chi connectivity index (χ0) is 11.0. The summed E-state index contributed by atoms with van der Waals surface area (Å²) in [5.41, 5.74) is 0. The van der Waals surface area contributed by atoms with E-state index >= 15 is 0 Å². The summed E-state index contributed by atoms with van der Waals surface area (Å²) in [6.07, 6.45) is 4.79. The van der Waals surface area contributed by atoms with Crippen molar-refractivity contribution in [2.75, 3.05) is 7.11 Å². The highest BCUT2D eigenvalue weighted by Crippen LogP contribution is 1.81. The first-order valence-corrected chi connectivity index (χ1v) is 4.43. The Labute approximate surface area is 83.5 Å². The molecule has 0 amide bonds. The van der Waals surface area contributed by atoms with Crippen molar-refractivity contribution in [2.45, 2.75) is 26.9 Å². The molecule has 0 radical (unpaired) electrons. The molecule has 0 N–H and O–H groups in total. The molecule has 14 heavy (non-hydrogen) atoms. The van der Waals surface area contributed by atoms with Crippen molar-refractivity contribution in [3.63, 3.8) is 0 Å². The Morgan fingerprint density at radius 1 is 1.57 bits per heavy atom. The Hall–Kier alpha value is -1.52. The van der Waals surface area contributed by atoms with E-state index in [0.29, 0.717) is 0 Å². The highest BCUT2D eigenvalue weighted by atomic mass is 16.6. The van der Waals surface area contributed by atoms with E-state index in [4.69, 9.17) is 9.90 Å². The van der Waals surface area contributed by atoms with Gasteiger partial charge < -0.3 is 14.6 Å². The van der Waals surface area contributed by atoms with Gasteiger partial charge in [-0.1, -0.05) is 0 Å². The Bertz CT molecular complexity index is 252. The molecule has 0 spiro atoms. The van der Waals surface area contributed by atoms with E-state index in [1.54, 1.807) is 0 Å². The molecule has 5 nitrogen and oxygen atoms in total. The van der Waals surface area contributed by atoms with Crippen molar-refractivity contribution in [1.29, 1.82) is 0 Å². The van der Waals surface area contributed by atoms with Gasteiger partial charge in [-0.05, 0) is 13.8 Å². The van der Waals surface area contributed by atoms with Crippen LogP contribution in [-0.2, 0) is 17.8 Å². The van der Waals surface area contributed by atoms with Gasteiger partial charge >= 0.3 is 0 Å². The molecule has 0 saturated carbocycles. The highest BCUT2D eigenvalue weighted by molar-refractivity contribution is 5.53. The topological polar surface area (TPSA) is 58.2 Å². The molecule has 0 aromatic carbocycles. The SMILES string of the molecule is CCn1cc[n+](CC)c1.COC(=O)[O-]. The number of imidazole rings is 1. The predicted octanol–water partition coefficient (Wildman–Crippen LogP) is -0.208. The van der Waals surface area contributed by atoms with E-state index in [-0.39, 0.29) is 0 Å². The lowest BCUT2D eigenvalue weighted by molar-refractivity contribution is -0.693. The van der Waals surface area contributed by atoms with Gasteiger partial charge in [0.05, 0.1) is 13.1 Å². The van der Waals surface area contributed by atoms with Crippen molar-refractivity contribution in [1.82, 2.24) is 4.57 Å². The maximum Gasteiger partial charge on any atom is 0.251 e. The summed E-state index contributed by atoms with van der Waals surface area (Å²) in [7, 11) is 1.04. The number of hydrogen-bond acceptors (Lipinski definition) is 3. The van der Waals surface area contributed by atoms with Gasteiger partial charge in [-0.3, -0.25) is 0 Å². The van der Waals surface area contributed by atoms with Crippen molar-refractivity contribution in [3.8, 4) is 0 Å². The molecule has 0 aliphatic rings. The number of nitrogens with zero attached hydrogens (tertiary/aromatic N) is 2. The fourth-order valence-electron chi connectivity index (χ4n) is 0.813. The van der Waals surface area contributed by atoms with Gasteiger partial charge in [0.1, 0.15) is 12.4 Å². The smallest absolute Gasteiger partial charge is 0.251 e. The fourth-order valence-corrected chi connectivity index (χ4v) is 0.813. The minimum Gasteiger partial charge on any atom is -0.553 e. The normalized spacial score (nSPS) is 8.79. The van der Waals surface area contributed by atoms with Crippen LogP contribution in [0.3, 0.4) is 0 Å². The van der Waals surface area contributed by atoms with Crippen LogP contribution >= 0.6 is 0 Å². The number of hydrogen-bond donors (Lipinski definition) is 0. The van der Waals surface area contributed by atoms with Crippen LogP contribution in [0.1, 0.15) is 13.8 Å². The molecule has 0 atom stereocenters. The number of aromatic nitrogens is 2. The average molecular weight is 200 g/mol. The number of carbonyl (C=O) groups is 1. The summed E-state index contributed by atoms with van der Waals surface area (Å²) in [6.45, 7) is 6.40. The minimum atomic E-state index is -1.50. The molecule has 5 heteroatoms. The van der Waals surface area contributed by atoms with E-state index < -0.39 is 6.16 Å². The zero-order valence-electron chi connectivity index (χ0n) is 8.77. The predicted molar refractivity (Wildman–Crippen MR) is 48.4 cm³/mol. The third kappa shape index (κ3) is 5.18. The van der Waals surface area contributed by atoms with E-state index in [1.807, 2.05) is 0 Å². The van der Waals surface area contributed by atoms with Gasteiger partial charge in [-0.25, -0.2) is 9.13 Å². The van der Waals surface area contributed by atoms with Crippen LogP contribution in [0.4, 0.5) is 4.79 Å². The number of aryl methyl sites for hydroxylation is 2. The van der Waals surface area contributed by atoms with Crippen LogP contribution in [-0.4, -0.2) is 17.8 Å². The van der Waals surface area contributed by atoms with Gasteiger partial charge in [0, 0.05) is 7.11 Å². The molecule has 0 saturated heterocycles. The van der Waals surface area contributed by atoms with E-state index in [0.717, 1.165) is 20.2 Å². The number of carbonyl (C=O) groups excluding carboxylic acids is 1. The molecular formula is C9H16N2O3. The van der Waals surface area contributed by atoms with Gasteiger partial charge in [-0.15, -0.1) is 0 Å². The van der Waals surface area contributed by atoms with Crippen molar-refractivity contribution in [2.24, 2.45) is 0 Å². The standard InChI is InChI=1S/C7H13N2.C2H4O3/c1-3-8-5-6-9(4-2)7-8;1-5-2(3)4/h5-7H,3-4H2,1-2H3;1H3,(H,3,4)/q+1;/p-1. The second kappa shape index (κ2) is 6.94. The van der Waals surface area contributed by atoms with Crippen LogP contribution in [0.25, 0.3) is 0 Å². The fraction of sp³-hybridized carbons (Fsp3) is 0.556. The summed E-state index contributed by atoms with van der Waals surface area (Å²) in [6, 6.07) is 0.